The molecule has 2 fully saturated rings. The third-order valence-corrected chi connectivity index (χ3v) is 6.56. The first-order chi connectivity index (χ1) is 9.88. The lowest BCUT2D eigenvalue weighted by molar-refractivity contribution is 0.329. The maximum atomic E-state index is 12.2. The lowest BCUT2D eigenvalue weighted by Crippen LogP contribution is -2.42. The first kappa shape index (κ1) is 17.2. The Morgan fingerprint density at radius 2 is 2.00 bits per heavy atom. The van der Waals surface area contributed by atoms with Gasteiger partial charge in [0.15, 0.2) is 0 Å². The second-order valence-corrected chi connectivity index (χ2v) is 8.93. The molecule has 0 aromatic heterocycles. The van der Waals surface area contributed by atoms with Gasteiger partial charge in [0.25, 0.3) is 10.2 Å². The molecule has 0 heterocycles. The zero-order chi connectivity index (χ0) is 15.5. The highest BCUT2D eigenvalue weighted by Gasteiger charge is 2.39. The van der Waals surface area contributed by atoms with Crippen LogP contribution in [0.25, 0.3) is 0 Å². The van der Waals surface area contributed by atoms with Crippen molar-refractivity contribution in [1.29, 1.82) is 0 Å². The second-order valence-electron chi connectivity index (χ2n) is 7.07. The van der Waals surface area contributed by atoms with Gasteiger partial charge in [0.2, 0.25) is 0 Å². The van der Waals surface area contributed by atoms with Crippen LogP contribution in [0.2, 0.25) is 0 Å². The van der Waals surface area contributed by atoms with Crippen LogP contribution in [-0.2, 0) is 10.2 Å². The van der Waals surface area contributed by atoms with E-state index in [1.165, 1.54) is 30.0 Å². The first-order valence-electron chi connectivity index (χ1n) is 8.33. The first-order valence-corrected chi connectivity index (χ1v) is 9.77. The minimum absolute atomic E-state index is 0.447. The van der Waals surface area contributed by atoms with Gasteiger partial charge in [0.1, 0.15) is 0 Å². The van der Waals surface area contributed by atoms with Crippen LogP contribution in [0.1, 0.15) is 46.0 Å². The van der Waals surface area contributed by atoms with Crippen LogP contribution in [0.5, 0.6) is 0 Å². The minimum atomic E-state index is -3.31. The summed E-state index contributed by atoms with van der Waals surface area (Å²) < 4.78 is 28.7. The van der Waals surface area contributed by atoms with Crippen molar-refractivity contribution in [3.8, 4) is 0 Å². The van der Waals surface area contributed by atoms with Crippen molar-refractivity contribution in [3.63, 3.8) is 0 Å². The van der Waals surface area contributed by atoms with Crippen LogP contribution in [0, 0.1) is 17.8 Å². The van der Waals surface area contributed by atoms with Gasteiger partial charge in [-0.2, -0.15) is 12.7 Å². The van der Waals surface area contributed by atoms with Crippen LogP contribution in [-0.4, -0.2) is 45.4 Å². The van der Waals surface area contributed by atoms with E-state index >= 15 is 0 Å². The zero-order valence-electron chi connectivity index (χ0n) is 13.6. The fourth-order valence-corrected chi connectivity index (χ4v) is 4.78. The molecule has 2 aliphatic carbocycles. The van der Waals surface area contributed by atoms with E-state index in [4.69, 9.17) is 0 Å². The number of hydrogen-bond donors (Lipinski definition) is 2. The monoisotopic (exact) mass is 317 g/mol. The normalized spacial score (nSPS) is 28.9. The molecule has 2 saturated carbocycles. The smallest absolute Gasteiger partial charge is 0.279 e. The molecule has 21 heavy (non-hydrogen) atoms. The predicted molar refractivity (Wildman–Crippen MR) is 86.2 cm³/mol. The Balaban J connectivity index is 1.68. The van der Waals surface area contributed by atoms with Gasteiger partial charge in [-0.1, -0.05) is 20.3 Å². The molecular formula is C15H31N3O2S. The summed E-state index contributed by atoms with van der Waals surface area (Å²) >= 11 is 0. The largest absolute Gasteiger partial charge is 0.314 e. The maximum absolute atomic E-state index is 12.2. The molecule has 2 rings (SSSR count). The lowest BCUT2D eigenvalue weighted by atomic mass is 9.89. The summed E-state index contributed by atoms with van der Waals surface area (Å²) in [7, 11) is -1.64. The minimum Gasteiger partial charge on any atom is -0.314 e. The molecule has 5 nitrogen and oxygen atoms in total. The van der Waals surface area contributed by atoms with E-state index in [1.807, 2.05) is 0 Å². The molecule has 0 aromatic rings. The van der Waals surface area contributed by atoms with Crippen LogP contribution >= 0.6 is 0 Å². The Morgan fingerprint density at radius 3 is 2.57 bits per heavy atom. The highest BCUT2D eigenvalue weighted by atomic mass is 32.2. The molecule has 0 radical (unpaired) electrons. The molecule has 2 aliphatic rings. The summed E-state index contributed by atoms with van der Waals surface area (Å²) in [5.74, 6) is 2.19. The maximum Gasteiger partial charge on any atom is 0.279 e. The second kappa shape index (κ2) is 7.40. The highest BCUT2D eigenvalue weighted by molar-refractivity contribution is 7.87. The number of hydrogen-bond acceptors (Lipinski definition) is 3. The van der Waals surface area contributed by atoms with Gasteiger partial charge in [0, 0.05) is 26.2 Å². The van der Waals surface area contributed by atoms with Gasteiger partial charge >= 0.3 is 0 Å². The molecule has 0 saturated heterocycles. The molecule has 2 N–H and O–H groups in total. The van der Waals surface area contributed by atoms with Crippen molar-refractivity contribution in [1.82, 2.24) is 14.3 Å². The number of fused-ring (bicyclic) bond motifs is 2. The third kappa shape index (κ3) is 4.91. The molecule has 0 amide bonds. The van der Waals surface area contributed by atoms with Gasteiger partial charge in [-0.3, -0.25) is 0 Å². The third-order valence-electron chi connectivity index (χ3n) is 5.03. The summed E-state index contributed by atoms with van der Waals surface area (Å²) in [6.45, 7) is 6.22. The number of nitrogens with zero attached hydrogens (tertiary/aromatic N) is 1. The van der Waals surface area contributed by atoms with E-state index in [0.29, 0.717) is 25.0 Å². The van der Waals surface area contributed by atoms with Crippen molar-refractivity contribution < 1.29 is 8.42 Å². The van der Waals surface area contributed by atoms with Gasteiger partial charge in [0.05, 0.1) is 0 Å². The van der Waals surface area contributed by atoms with E-state index in [-0.39, 0.29) is 0 Å². The molecular weight excluding hydrogens is 286 g/mol. The summed E-state index contributed by atoms with van der Waals surface area (Å²) in [5, 5.41) is 3.31. The Labute approximate surface area is 130 Å². The summed E-state index contributed by atoms with van der Waals surface area (Å²) in [5.41, 5.74) is 0. The average molecular weight is 317 g/mol. The summed E-state index contributed by atoms with van der Waals surface area (Å²) in [6, 6.07) is 0.447. The molecule has 3 unspecified atom stereocenters. The van der Waals surface area contributed by atoms with E-state index in [2.05, 4.69) is 23.9 Å². The van der Waals surface area contributed by atoms with Crippen LogP contribution in [0.4, 0.5) is 0 Å². The molecule has 0 spiro atoms. The quantitative estimate of drug-likeness (QED) is 0.635. The van der Waals surface area contributed by atoms with Crippen molar-refractivity contribution in [2.75, 3.05) is 26.7 Å². The number of nitrogens with one attached hydrogen (secondary N) is 2. The number of rotatable bonds is 9. The molecule has 0 aliphatic heterocycles. The zero-order valence-corrected chi connectivity index (χ0v) is 14.5. The Bertz CT molecular complexity index is 425. The Kier molecular flexibility index (Phi) is 6.05. The van der Waals surface area contributed by atoms with Crippen molar-refractivity contribution in [2.45, 2.75) is 52.0 Å². The van der Waals surface area contributed by atoms with Crippen molar-refractivity contribution in [2.24, 2.45) is 17.8 Å². The summed E-state index contributed by atoms with van der Waals surface area (Å²) in [6.07, 6.45) is 6.03. The Morgan fingerprint density at radius 1 is 1.24 bits per heavy atom. The van der Waals surface area contributed by atoms with E-state index < -0.39 is 10.2 Å². The standard InChI is InChI=1S/C15H31N3O2S/c1-12(2)16-7-4-8-18(3)21(19,20)17-11-15-10-13-5-6-14(15)9-13/h12-17H,4-11H2,1-3H3. The molecule has 2 bridgehead atoms. The topological polar surface area (TPSA) is 61.4 Å². The van der Waals surface area contributed by atoms with Gasteiger partial charge in [-0.15, -0.1) is 0 Å². The molecule has 6 heteroatoms. The van der Waals surface area contributed by atoms with E-state index in [0.717, 1.165) is 24.8 Å². The lowest BCUT2D eigenvalue weighted by Gasteiger charge is -2.24. The Hall–Kier alpha value is -0.170. The highest BCUT2D eigenvalue weighted by Crippen LogP contribution is 2.47. The van der Waals surface area contributed by atoms with E-state index in [1.54, 1.807) is 7.05 Å². The molecule has 3 atom stereocenters. The van der Waals surface area contributed by atoms with E-state index in [9.17, 15) is 8.42 Å². The fraction of sp³-hybridized carbons (Fsp3) is 1.00. The van der Waals surface area contributed by atoms with Crippen molar-refractivity contribution >= 4 is 10.2 Å². The van der Waals surface area contributed by atoms with Gasteiger partial charge in [-0.05, 0) is 50.0 Å². The average Bonchev–Trinajstić information content (AvgIpc) is 3.03. The van der Waals surface area contributed by atoms with Gasteiger partial charge in [-0.25, -0.2) is 4.72 Å². The van der Waals surface area contributed by atoms with Crippen LogP contribution in [0.15, 0.2) is 0 Å². The van der Waals surface area contributed by atoms with Crippen LogP contribution < -0.4 is 10.0 Å². The van der Waals surface area contributed by atoms with Crippen LogP contribution in [0.3, 0.4) is 0 Å². The fourth-order valence-electron chi connectivity index (χ4n) is 3.76. The SMILES string of the molecule is CC(C)NCCCN(C)S(=O)(=O)NCC1CC2CCC1C2. The summed E-state index contributed by atoms with van der Waals surface area (Å²) in [4.78, 5) is 0. The van der Waals surface area contributed by atoms with Crippen molar-refractivity contribution in [3.05, 3.63) is 0 Å². The van der Waals surface area contributed by atoms with Gasteiger partial charge < -0.3 is 5.32 Å². The predicted octanol–water partition coefficient (Wildman–Crippen LogP) is 1.58. The molecule has 0 aromatic carbocycles. The molecule has 124 valence electrons.